The summed E-state index contributed by atoms with van der Waals surface area (Å²) in [5.41, 5.74) is 0.311. The number of fused-ring (bicyclic) bond motifs is 1. The number of carbonyl (C=O) groups is 3. The number of benzene rings is 1. The van der Waals surface area contributed by atoms with Crippen molar-refractivity contribution in [2.45, 2.75) is 13.8 Å². The van der Waals surface area contributed by atoms with E-state index in [2.05, 4.69) is 0 Å². The number of furan rings is 1. The SMILES string of the molecule is CC(=O)N1C[C@H]2CN(C(=O)c3ccc(-c4ccc(C)o4)cc3)C[C@@]2(C(=O)O)C1. The van der Waals surface area contributed by atoms with Crippen LogP contribution in [0.1, 0.15) is 23.0 Å². The number of carboxylic acids is 1. The van der Waals surface area contributed by atoms with E-state index < -0.39 is 11.4 Å². The molecule has 0 spiro atoms. The summed E-state index contributed by atoms with van der Waals surface area (Å²) in [5, 5.41) is 9.82. The van der Waals surface area contributed by atoms with Gasteiger partial charge in [0.05, 0.1) is 0 Å². The van der Waals surface area contributed by atoms with E-state index in [0.717, 1.165) is 17.1 Å². The van der Waals surface area contributed by atoms with Crippen LogP contribution in [0.5, 0.6) is 0 Å². The van der Waals surface area contributed by atoms with Gasteiger partial charge in [-0.05, 0) is 31.2 Å². The molecule has 2 amide bonds. The van der Waals surface area contributed by atoms with Crippen LogP contribution in [0.15, 0.2) is 40.8 Å². The maximum Gasteiger partial charge on any atom is 0.313 e. The fraction of sp³-hybridized carbons (Fsp3) is 0.381. The van der Waals surface area contributed by atoms with Crippen LogP contribution < -0.4 is 0 Å². The predicted molar refractivity (Wildman–Crippen MR) is 101 cm³/mol. The molecular weight excluding hydrogens is 360 g/mol. The lowest BCUT2D eigenvalue weighted by atomic mass is 9.81. The van der Waals surface area contributed by atoms with E-state index in [1.54, 1.807) is 21.9 Å². The highest BCUT2D eigenvalue weighted by Gasteiger charge is 2.59. The van der Waals surface area contributed by atoms with Gasteiger partial charge in [-0.3, -0.25) is 14.4 Å². The first kappa shape index (κ1) is 18.3. The van der Waals surface area contributed by atoms with Crippen LogP contribution in [0, 0.1) is 18.3 Å². The average Bonchev–Trinajstić information content (AvgIpc) is 3.33. The lowest BCUT2D eigenvalue weighted by molar-refractivity contribution is -0.149. The van der Waals surface area contributed by atoms with Crippen molar-refractivity contribution in [3.63, 3.8) is 0 Å². The summed E-state index contributed by atoms with van der Waals surface area (Å²) < 4.78 is 5.60. The zero-order valence-electron chi connectivity index (χ0n) is 15.8. The maximum atomic E-state index is 12.9. The van der Waals surface area contributed by atoms with Gasteiger partial charge in [0, 0.05) is 50.1 Å². The number of nitrogens with zero attached hydrogens (tertiary/aromatic N) is 2. The molecule has 0 aliphatic carbocycles. The van der Waals surface area contributed by atoms with Gasteiger partial charge >= 0.3 is 5.97 Å². The van der Waals surface area contributed by atoms with Crippen LogP contribution in [0.2, 0.25) is 0 Å². The molecule has 0 saturated carbocycles. The van der Waals surface area contributed by atoms with Crippen molar-refractivity contribution in [2.75, 3.05) is 26.2 Å². The van der Waals surface area contributed by atoms with Crippen molar-refractivity contribution >= 4 is 17.8 Å². The Bertz CT molecular complexity index is 948. The minimum absolute atomic E-state index is 0.120. The van der Waals surface area contributed by atoms with Crippen LogP contribution in [0.4, 0.5) is 0 Å². The summed E-state index contributed by atoms with van der Waals surface area (Å²) in [5.74, 6) is 0.0465. The molecule has 7 heteroatoms. The molecule has 2 saturated heterocycles. The van der Waals surface area contributed by atoms with Crippen molar-refractivity contribution < 1.29 is 23.9 Å². The molecule has 28 heavy (non-hydrogen) atoms. The number of likely N-dealkylation sites (tertiary alicyclic amines) is 2. The number of amides is 2. The molecule has 146 valence electrons. The number of carbonyl (C=O) groups excluding carboxylic acids is 2. The Kier molecular flexibility index (Phi) is 4.25. The molecule has 2 fully saturated rings. The molecule has 3 heterocycles. The summed E-state index contributed by atoms with van der Waals surface area (Å²) >= 11 is 0. The van der Waals surface area contributed by atoms with Gasteiger partial charge in [0.1, 0.15) is 16.9 Å². The van der Waals surface area contributed by atoms with Crippen LogP contribution >= 0.6 is 0 Å². The Morgan fingerprint density at radius 1 is 1.04 bits per heavy atom. The molecule has 1 aromatic heterocycles. The second kappa shape index (κ2) is 6.51. The van der Waals surface area contributed by atoms with Gasteiger partial charge in [-0.2, -0.15) is 0 Å². The van der Waals surface area contributed by atoms with E-state index >= 15 is 0 Å². The van der Waals surface area contributed by atoms with Crippen LogP contribution in [-0.2, 0) is 9.59 Å². The summed E-state index contributed by atoms with van der Waals surface area (Å²) in [6.07, 6.45) is 0. The normalized spacial score (nSPS) is 23.7. The first-order valence-electron chi connectivity index (χ1n) is 9.25. The van der Waals surface area contributed by atoms with E-state index in [4.69, 9.17) is 4.42 Å². The molecule has 2 atom stereocenters. The van der Waals surface area contributed by atoms with Gasteiger partial charge in [0.2, 0.25) is 5.91 Å². The second-order valence-corrected chi connectivity index (χ2v) is 7.73. The fourth-order valence-electron chi connectivity index (χ4n) is 4.31. The van der Waals surface area contributed by atoms with Crippen molar-refractivity contribution in [3.05, 3.63) is 47.7 Å². The molecule has 0 unspecified atom stereocenters. The van der Waals surface area contributed by atoms with Gasteiger partial charge in [0.15, 0.2) is 0 Å². The van der Waals surface area contributed by atoms with Gasteiger partial charge < -0.3 is 19.3 Å². The highest BCUT2D eigenvalue weighted by molar-refractivity contribution is 5.95. The van der Waals surface area contributed by atoms with Crippen molar-refractivity contribution in [3.8, 4) is 11.3 Å². The lowest BCUT2D eigenvalue weighted by Crippen LogP contribution is -2.42. The summed E-state index contributed by atoms with van der Waals surface area (Å²) in [6.45, 7) is 4.31. The molecule has 2 aliphatic rings. The quantitative estimate of drug-likeness (QED) is 0.879. The Labute approximate surface area is 162 Å². The van der Waals surface area contributed by atoms with Gasteiger partial charge in [-0.25, -0.2) is 0 Å². The first-order chi connectivity index (χ1) is 13.3. The van der Waals surface area contributed by atoms with Crippen LogP contribution in [-0.4, -0.2) is 58.9 Å². The monoisotopic (exact) mass is 382 g/mol. The van der Waals surface area contributed by atoms with E-state index in [-0.39, 0.29) is 30.8 Å². The van der Waals surface area contributed by atoms with E-state index in [9.17, 15) is 19.5 Å². The molecule has 0 radical (unpaired) electrons. The smallest absolute Gasteiger partial charge is 0.313 e. The van der Waals surface area contributed by atoms with E-state index in [1.165, 1.54) is 6.92 Å². The van der Waals surface area contributed by atoms with E-state index in [0.29, 0.717) is 18.7 Å². The standard InChI is InChI=1S/C21H22N2O5/c1-13-3-8-18(28-13)15-4-6-16(7-5-15)19(25)23-10-17-9-22(14(2)24)11-21(17,12-23)20(26)27/h3-8,17H,9-12H2,1-2H3,(H,26,27)/t17-,21-/m0/s1. The van der Waals surface area contributed by atoms with Crippen molar-refractivity contribution in [1.82, 2.24) is 9.80 Å². The van der Waals surface area contributed by atoms with E-state index in [1.807, 2.05) is 31.2 Å². The topological polar surface area (TPSA) is 91.1 Å². The third-order valence-corrected chi connectivity index (χ3v) is 5.92. The lowest BCUT2D eigenvalue weighted by Gasteiger charge is -2.25. The number of hydrogen-bond donors (Lipinski definition) is 1. The number of rotatable bonds is 3. The second-order valence-electron chi connectivity index (χ2n) is 7.73. The number of aryl methyl sites for hydroxylation is 1. The predicted octanol–water partition coefficient (Wildman–Crippen LogP) is 2.26. The third-order valence-electron chi connectivity index (χ3n) is 5.92. The Morgan fingerprint density at radius 2 is 1.68 bits per heavy atom. The van der Waals surface area contributed by atoms with Crippen molar-refractivity contribution in [2.24, 2.45) is 11.3 Å². The minimum Gasteiger partial charge on any atom is -0.481 e. The molecule has 2 aliphatic heterocycles. The first-order valence-corrected chi connectivity index (χ1v) is 9.25. The number of carboxylic acid groups (broad SMARTS) is 1. The molecular formula is C21H22N2O5. The third kappa shape index (κ3) is 2.87. The van der Waals surface area contributed by atoms with Crippen LogP contribution in [0.3, 0.4) is 0 Å². The largest absolute Gasteiger partial charge is 0.481 e. The Balaban J connectivity index is 1.52. The zero-order chi connectivity index (χ0) is 20.1. The summed E-state index contributed by atoms with van der Waals surface area (Å²) in [6, 6.07) is 10.9. The Hall–Kier alpha value is -3.09. The number of hydrogen-bond acceptors (Lipinski definition) is 4. The highest BCUT2D eigenvalue weighted by atomic mass is 16.4. The van der Waals surface area contributed by atoms with Gasteiger partial charge in [-0.15, -0.1) is 0 Å². The molecule has 1 N–H and O–H groups in total. The molecule has 4 rings (SSSR count). The van der Waals surface area contributed by atoms with Crippen molar-refractivity contribution in [1.29, 1.82) is 0 Å². The molecule has 2 aromatic rings. The fourth-order valence-corrected chi connectivity index (χ4v) is 4.31. The Morgan fingerprint density at radius 3 is 2.21 bits per heavy atom. The molecule has 0 bridgehead atoms. The molecule has 1 aromatic carbocycles. The van der Waals surface area contributed by atoms with Gasteiger partial charge in [0.25, 0.3) is 5.91 Å². The number of aliphatic carboxylic acids is 1. The van der Waals surface area contributed by atoms with Crippen LogP contribution in [0.25, 0.3) is 11.3 Å². The average molecular weight is 382 g/mol. The summed E-state index contributed by atoms with van der Waals surface area (Å²) in [4.78, 5) is 39.8. The highest BCUT2D eigenvalue weighted by Crippen LogP contribution is 2.43. The maximum absolute atomic E-state index is 12.9. The summed E-state index contributed by atoms with van der Waals surface area (Å²) in [7, 11) is 0. The minimum atomic E-state index is -1.08. The zero-order valence-corrected chi connectivity index (χ0v) is 15.8. The molecule has 7 nitrogen and oxygen atoms in total. The van der Waals surface area contributed by atoms with Gasteiger partial charge in [-0.1, -0.05) is 12.1 Å².